The summed E-state index contributed by atoms with van der Waals surface area (Å²) >= 11 is 6.20. The number of thiocarbonyl (C=S) groups is 1. The van der Waals surface area contributed by atoms with Crippen molar-refractivity contribution in [2.45, 2.75) is 6.61 Å². The first-order chi connectivity index (χ1) is 11.1. The number of carbonyl (C=O) groups excluding carboxylic acids is 1. The van der Waals surface area contributed by atoms with Crippen LogP contribution in [0.2, 0.25) is 0 Å². The monoisotopic (exact) mass is 345 g/mol. The molecule has 1 heterocycles. The van der Waals surface area contributed by atoms with E-state index in [4.69, 9.17) is 17.0 Å². The number of hydrogen-bond donors (Lipinski definition) is 1. The number of para-hydroxylation sites is 1. The van der Waals surface area contributed by atoms with Gasteiger partial charge in [0.2, 0.25) is 0 Å². The zero-order valence-electron chi connectivity index (χ0n) is 11.9. The van der Waals surface area contributed by atoms with Crippen LogP contribution in [0.5, 0.6) is 5.75 Å². The zero-order valence-corrected chi connectivity index (χ0v) is 13.5. The van der Waals surface area contributed by atoms with Crippen LogP contribution < -0.4 is 10.1 Å². The Hall–Kier alpha value is -2.18. The normalized spacial score (nSPS) is 15.8. The predicted octanol–water partition coefficient (Wildman–Crippen LogP) is 3.89. The Morgan fingerprint density at radius 3 is 2.61 bits per heavy atom. The average Bonchev–Trinajstić information content (AvgIpc) is 2.86. The molecule has 0 aromatic heterocycles. The van der Waals surface area contributed by atoms with Crippen molar-refractivity contribution in [3.8, 4) is 5.75 Å². The van der Waals surface area contributed by atoms with Gasteiger partial charge in [0.1, 0.15) is 22.5 Å². The summed E-state index contributed by atoms with van der Waals surface area (Å²) in [5.41, 5.74) is 1.65. The lowest BCUT2D eigenvalue weighted by molar-refractivity contribution is -0.115. The Morgan fingerprint density at radius 1 is 1.17 bits per heavy atom. The van der Waals surface area contributed by atoms with Gasteiger partial charge in [0.15, 0.2) is 0 Å². The number of hydrogen-bond acceptors (Lipinski definition) is 4. The van der Waals surface area contributed by atoms with Gasteiger partial charge in [-0.1, -0.05) is 54.3 Å². The van der Waals surface area contributed by atoms with Crippen LogP contribution in [0.3, 0.4) is 0 Å². The highest BCUT2D eigenvalue weighted by molar-refractivity contribution is 8.26. The van der Waals surface area contributed by atoms with E-state index in [0.29, 0.717) is 21.6 Å². The molecule has 0 atom stereocenters. The maximum Gasteiger partial charge on any atom is 0.263 e. The molecule has 2 aromatic rings. The van der Waals surface area contributed by atoms with Crippen molar-refractivity contribution in [3.05, 3.63) is 70.4 Å². The summed E-state index contributed by atoms with van der Waals surface area (Å²) in [6.07, 6.45) is 1.75. The number of halogens is 1. The molecule has 1 amide bonds. The first kappa shape index (κ1) is 15.7. The third kappa shape index (κ3) is 3.97. The van der Waals surface area contributed by atoms with Crippen molar-refractivity contribution in [1.82, 2.24) is 5.32 Å². The second-order valence-electron chi connectivity index (χ2n) is 4.81. The molecular weight excluding hydrogens is 333 g/mol. The molecule has 6 heteroatoms. The van der Waals surface area contributed by atoms with E-state index < -0.39 is 0 Å². The maximum absolute atomic E-state index is 12.9. The third-order valence-electron chi connectivity index (χ3n) is 3.16. The molecule has 0 unspecified atom stereocenters. The van der Waals surface area contributed by atoms with Crippen molar-refractivity contribution in [2.24, 2.45) is 0 Å². The number of ether oxygens (including phenoxy) is 1. The smallest absolute Gasteiger partial charge is 0.263 e. The van der Waals surface area contributed by atoms with E-state index in [2.05, 4.69) is 5.32 Å². The van der Waals surface area contributed by atoms with Crippen molar-refractivity contribution >= 4 is 40.3 Å². The second-order valence-corrected chi connectivity index (χ2v) is 6.52. The number of rotatable bonds is 4. The molecule has 1 aliphatic rings. The van der Waals surface area contributed by atoms with Gasteiger partial charge in [0.05, 0.1) is 4.91 Å². The van der Waals surface area contributed by atoms with Crippen LogP contribution in [0.4, 0.5) is 4.39 Å². The van der Waals surface area contributed by atoms with E-state index in [-0.39, 0.29) is 11.7 Å². The highest BCUT2D eigenvalue weighted by Gasteiger charge is 2.22. The van der Waals surface area contributed by atoms with Crippen molar-refractivity contribution in [2.75, 3.05) is 0 Å². The van der Waals surface area contributed by atoms with E-state index in [1.54, 1.807) is 18.2 Å². The Kier molecular flexibility index (Phi) is 4.73. The van der Waals surface area contributed by atoms with E-state index >= 15 is 0 Å². The SMILES string of the molecule is O=C1NC(=S)S/C1=C/c1ccccc1OCc1ccc(F)cc1. The summed E-state index contributed by atoms with van der Waals surface area (Å²) in [6, 6.07) is 13.6. The molecule has 1 aliphatic heterocycles. The van der Waals surface area contributed by atoms with E-state index in [1.165, 1.54) is 23.9 Å². The van der Waals surface area contributed by atoms with Crippen LogP contribution in [0.15, 0.2) is 53.4 Å². The average molecular weight is 345 g/mol. The summed E-state index contributed by atoms with van der Waals surface area (Å²) < 4.78 is 19.2. The summed E-state index contributed by atoms with van der Waals surface area (Å²) in [5, 5.41) is 2.58. The van der Waals surface area contributed by atoms with Crippen molar-refractivity contribution in [1.29, 1.82) is 0 Å². The van der Waals surface area contributed by atoms with Gasteiger partial charge in [-0.15, -0.1) is 0 Å². The van der Waals surface area contributed by atoms with Crippen LogP contribution >= 0.6 is 24.0 Å². The minimum atomic E-state index is -0.279. The molecule has 0 spiro atoms. The Balaban J connectivity index is 1.78. The standard InChI is InChI=1S/C17H12FNO2S2/c18-13-7-5-11(6-8-13)10-21-14-4-2-1-3-12(14)9-15-16(20)19-17(22)23-15/h1-9H,10H2,(H,19,20,22)/b15-9+. The van der Waals surface area contributed by atoms with Gasteiger partial charge in [-0.25, -0.2) is 4.39 Å². The van der Waals surface area contributed by atoms with E-state index in [0.717, 1.165) is 11.1 Å². The topological polar surface area (TPSA) is 38.3 Å². The fraction of sp³-hybridized carbons (Fsp3) is 0.0588. The van der Waals surface area contributed by atoms with Gasteiger partial charge in [-0.2, -0.15) is 0 Å². The first-order valence-corrected chi connectivity index (χ1v) is 8.05. The second kappa shape index (κ2) is 6.93. The lowest BCUT2D eigenvalue weighted by Gasteiger charge is -2.09. The minimum absolute atomic E-state index is 0.201. The Morgan fingerprint density at radius 2 is 1.91 bits per heavy atom. The Bertz CT molecular complexity index is 787. The molecular formula is C17H12FNO2S2. The molecule has 0 saturated carbocycles. The van der Waals surface area contributed by atoms with Crippen LogP contribution in [0, 0.1) is 5.82 Å². The molecule has 1 fully saturated rings. The molecule has 1 saturated heterocycles. The first-order valence-electron chi connectivity index (χ1n) is 6.83. The van der Waals surface area contributed by atoms with Crippen molar-refractivity contribution < 1.29 is 13.9 Å². The lowest BCUT2D eigenvalue weighted by atomic mass is 10.2. The lowest BCUT2D eigenvalue weighted by Crippen LogP contribution is -2.17. The number of amides is 1. The largest absolute Gasteiger partial charge is 0.488 e. The molecule has 1 N–H and O–H groups in total. The van der Waals surface area contributed by atoms with Gasteiger partial charge >= 0.3 is 0 Å². The molecule has 2 aromatic carbocycles. The van der Waals surface area contributed by atoms with Gasteiger partial charge < -0.3 is 10.1 Å². The molecule has 116 valence electrons. The number of carbonyl (C=O) groups is 1. The van der Waals surface area contributed by atoms with Crippen LogP contribution in [0.1, 0.15) is 11.1 Å². The van der Waals surface area contributed by atoms with E-state index in [9.17, 15) is 9.18 Å². The number of benzene rings is 2. The molecule has 3 rings (SSSR count). The quantitative estimate of drug-likeness (QED) is 0.674. The van der Waals surface area contributed by atoms with Gasteiger partial charge in [0.25, 0.3) is 5.91 Å². The number of thioether (sulfide) groups is 1. The Labute approximate surface area is 142 Å². The molecule has 0 radical (unpaired) electrons. The van der Waals surface area contributed by atoms with Gasteiger partial charge in [0, 0.05) is 5.56 Å². The molecule has 23 heavy (non-hydrogen) atoms. The van der Waals surface area contributed by atoms with Crippen molar-refractivity contribution in [3.63, 3.8) is 0 Å². The number of nitrogens with one attached hydrogen (secondary N) is 1. The highest BCUT2D eigenvalue weighted by atomic mass is 32.2. The predicted molar refractivity (Wildman–Crippen MR) is 93.5 cm³/mol. The van der Waals surface area contributed by atoms with Gasteiger partial charge in [-0.05, 0) is 29.8 Å². The summed E-state index contributed by atoms with van der Waals surface area (Å²) in [7, 11) is 0. The highest BCUT2D eigenvalue weighted by Crippen LogP contribution is 2.29. The molecule has 0 aliphatic carbocycles. The fourth-order valence-corrected chi connectivity index (χ4v) is 3.07. The fourth-order valence-electron chi connectivity index (χ4n) is 2.04. The third-order valence-corrected chi connectivity index (χ3v) is 4.32. The summed E-state index contributed by atoms with van der Waals surface area (Å²) in [5.74, 6) is 0.169. The van der Waals surface area contributed by atoms with Crippen LogP contribution in [0.25, 0.3) is 6.08 Å². The van der Waals surface area contributed by atoms with E-state index in [1.807, 2.05) is 24.3 Å². The van der Waals surface area contributed by atoms with Gasteiger partial charge in [-0.3, -0.25) is 4.79 Å². The van der Waals surface area contributed by atoms with Crippen LogP contribution in [-0.4, -0.2) is 10.2 Å². The molecule has 3 nitrogen and oxygen atoms in total. The summed E-state index contributed by atoms with van der Waals surface area (Å²) in [4.78, 5) is 12.3. The molecule has 0 bridgehead atoms. The zero-order chi connectivity index (χ0) is 16.2. The summed E-state index contributed by atoms with van der Waals surface area (Å²) in [6.45, 7) is 0.318. The van der Waals surface area contributed by atoms with Crippen LogP contribution in [-0.2, 0) is 11.4 Å². The minimum Gasteiger partial charge on any atom is -0.488 e. The maximum atomic E-state index is 12.9.